The lowest BCUT2D eigenvalue weighted by molar-refractivity contribution is 0.550. The van der Waals surface area contributed by atoms with Crippen molar-refractivity contribution in [2.45, 2.75) is 25.3 Å². The molecule has 0 amide bonds. The Morgan fingerprint density at radius 1 is 1.59 bits per heavy atom. The second-order valence-corrected chi connectivity index (χ2v) is 5.20. The predicted octanol–water partition coefficient (Wildman–Crippen LogP) is 1.51. The summed E-state index contributed by atoms with van der Waals surface area (Å²) in [6.45, 7) is 2.06. The number of nitriles is 1. The summed E-state index contributed by atoms with van der Waals surface area (Å²) in [5.41, 5.74) is 1.29. The van der Waals surface area contributed by atoms with E-state index in [0.29, 0.717) is 17.0 Å². The number of hydrogen-bond donors (Lipinski definition) is 2. The Labute approximate surface area is 101 Å². The van der Waals surface area contributed by atoms with Gasteiger partial charge in [0.1, 0.15) is 5.82 Å². The Balaban J connectivity index is 1.55. The Morgan fingerprint density at radius 2 is 2.47 bits per heavy atom. The number of pyridine rings is 1. The molecule has 1 atom stereocenters. The summed E-state index contributed by atoms with van der Waals surface area (Å²) in [6, 6.07) is 6.18. The molecule has 2 N–H and O–H groups in total. The molecule has 88 valence electrons. The highest BCUT2D eigenvalue weighted by Crippen LogP contribution is 2.51. The average Bonchev–Trinajstić information content (AvgIpc) is 2.99. The Kier molecular flexibility index (Phi) is 2.49. The molecule has 2 aliphatic rings. The van der Waals surface area contributed by atoms with Gasteiger partial charge in [-0.25, -0.2) is 4.98 Å². The van der Waals surface area contributed by atoms with Crippen molar-refractivity contribution in [1.29, 1.82) is 5.26 Å². The number of rotatable bonds is 3. The molecular weight excluding hydrogens is 212 g/mol. The zero-order valence-corrected chi connectivity index (χ0v) is 9.74. The fourth-order valence-corrected chi connectivity index (χ4v) is 2.55. The van der Waals surface area contributed by atoms with Gasteiger partial charge in [0.15, 0.2) is 0 Å². The monoisotopic (exact) mass is 228 g/mol. The maximum Gasteiger partial charge on any atom is 0.127 e. The SMILES string of the molecule is N#Cc1ccnc(NC[C@@H]2CC3(CC3)CN2)c1. The van der Waals surface area contributed by atoms with E-state index in [0.717, 1.165) is 12.4 Å². The molecule has 1 saturated carbocycles. The van der Waals surface area contributed by atoms with Crippen LogP contribution >= 0.6 is 0 Å². The fourth-order valence-electron chi connectivity index (χ4n) is 2.55. The average molecular weight is 228 g/mol. The van der Waals surface area contributed by atoms with Gasteiger partial charge in [-0.15, -0.1) is 0 Å². The number of anilines is 1. The van der Waals surface area contributed by atoms with E-state index in [1.807, 2.05) is 0 Å². The van der Waals surface area contributed by atoms with Crippen LogP contribution in [0.5, 0.6) is 0 Å². The normalized spacial score (nSPS) is 24.5. The van der Waals surface area contributed by atoms with Gasteiger partial charge in [-0.3, -0.25) is 0 Å². The van der Waals surface area contributed by atoms with Crippen LogP contribution in [0.2, 0.25) is 0 Å². The van der Waals surface area contributed by atoms with Gasteiger partial charge in [0.25, 0.3) is 0 Å². The highest BCUT2D eigenvalue weighted by Gasteiger charge is 2.47. The molecule has 1 aliphatic heterocycles. The lowest BCUT2D eigenvalue weighted by Crippen LogP contribution is -2.29. The van der Waals surface area contributed by atoms with Crippen LogP contribution in [-0.2, 0) is 0 Å². The van der Waals surface area contributed by atoms with Crippen LogP contribution in [0, 0.1) is 16.7 Å². The Bertz CT molecular complexity index is 459. The Morgan fingerprint density at radius 3 is 3.18 bits per heavy atom. The molecule has 1 aliphatic carbocycles. The first-order valence-corrected chi connectivity index (χ1v) is 6.13. The van der Waals surface area contributed by atoms with E-state index in [4.69, 9.17) is 5.26 Å². The van der Waals surface area contributed by atoms with Gasteiger partial charge in [-0.1, -0.05) is 0 Å². The van der Waals surface area contributed by atoms with Crippen LogP contribution in [0.15, 0.2) is 18.3 Å². The summed E-state index contributed by atoms with van der Waals surface area (Å²) in [5, 5.41) is 15.7. The van der Waals surface area contributed by atoms with Crippen LogP contribution in [-0.4, -0.2) is 24.1 Å². The third-order valence-electron chi connectivity index (χ3n) is 3.82. The van der Waals surface area contributed by atoms with E-state index >= 15 is 0 Å². The molecule has 0 bridgehead atoms. The van der Waals surface area contributed by atoms with Crippen molar-refractivity contribution in [2.75, 3.05) is 18.4 Å². The largest absolute Gasteiger partial charge is 0.368 e. The minimum Gasteiger partial charge on any atom is -0.368 e. The molecule has 0 unspecified atom stereocenters. The zero-order valence-electron chi connectivity index (χ0n) is 9.74. The van der Waals surface area contributed by atoms with E-state index in [9.17, 15) is 0 Å². The maximum absolute atomic E-state index is 8.80. The van der Waals surface area contributed by atoms with Crippen molar-refractivity contribution >= 4 is 5.82 Å². The molecule has 1 saturated heterocycles. The van der Waals surface area contributed by atoms with E-state index in [1.54, 1.807) is 18.3 Å². The van der Waals surface area contributed by atoms with E-state index in [-0.39, 0.29) is 0 Å². The van der Waals surface area contributed by atoms with Gasteiger partial charge < -0.3 is 10.6 Å². The lowest BCUT2D eigenvalue weighted by Gasteiger charge is -2.12. The first-order valence-electron chi connectivity index (χ1n) is 6.13. The molecule has 0 aromatic carbocycles. The third-order valence-corrected chi connectivity index (χ3v) is 3.82. The molecule has 17 heavy (non-hydrogen) atoms. The summed E-state index contributed by atoms with van der Waals surface area (Å²) in [6.07, 6.45) is 5.72. The molecule has 1 aromatic rings. The molecule has 0 radical (unpaired) electrons. The highest BCUT2D eigenvalue weighted by atomic mass is 15.1. The number of nitrogens with one attached hydrogen (secondary N) is 2. The molecule has 1 aromatic heterocycles. The van der Waals surface area contributed by atoms with Crippen molar-refractivity contribution in [3.05, 3.63) is 23.9 Å². The zero-order chi connectivity index (χ0) is 11.7. The first kappa shape index (κ1) is 10.5. The second kappa shape index (κ2) is 4.01. The summed E-state index contributed by atoms with van der Waals surface area (Å²) in [4.78, 5) is 4.21. The van der Waals surface area contributed by atoms with Crippen LogP contribution in [0.4, 0.5) is 5.82 Å². The van der Waals surface area contributed by atoms with Crippen molar-refractivity contribution in [3.8, 4) is 6.07 Å². The molecule has 1 spiro atoms. The standard InChI is InChI=1S/C13H16N4/c14-7-10-1-4-15-12(5-10)16-8-11-6-13(2-3-13)9-17-11/h1,4-5,11,17H,2-3,6,8-9H2,(H,15,16)/t11-/m0/s1. The molecule has 4 heteroatoms. The number of nitrogens with zero attached hydrogens (tertiary/aromatic N) is 2. The van der Waals surface area contributed by atoms with Gasteiger partial charge in [0, 0.05) is 25.3 Å². The van der Waals surface area contributed by atoms with Crippen LogP contribution < -0.4 is 10.6 Å². The topological polar surface area (TPSA) is 60.7 Å². The van der Waals surface area contributed by atoms with Gasteiger partial charge >= 0.3 is 0 Å². The van der Waals surface area contributed by atoms with Crippen molar-refractivity contribution in [1.82, 2.24) is 10.3 Å². The van der Waals surface area contributed by atoms with Crippen molar-refractivity contribution < 1.29 is 0 Å². The van der Waals surface area contributed by atoms with Crippen molar-refractivity contribution in [2.24, 2.45) is 5.41 Å². The van der Waals surface area contributed by atoms with Gasteiger partial charge in [-0.05, 0) is 36.8 Å². The number of aromatic nitrogens is 1. The summed E-state index contributed by atoms with van der Waals surface area (Å²) >= 11 is 0. The quantitative estimate of drug-likeness (QED) is 0.823. The third kappa shape index (κ3) is 2.25. The summed E-state index contributed by atoms with van der Waals surface area (Å²) in [5.74, 6) is 0.794. The highest BCUT2D eigenvalue weighted by molar-refractivity contribution is 5.42. The minimum atomic E-state index is 0.546. The smallest absolute Gasteiger partial charge is 0.127 e. The molecule has 2 heterocycles. The van der Waals surface area contributed by atoms with Crippen LogP contribution in [0.3, 0.4) is 0 Å². The van der Waals surface area contributed by atoms with Crippen molar-refractivity contribution in [3.63, 3.8) is 0 Å². The van der Waals surface area contributed by atoms with Crippen LogP contribution in [0.1, 0.15) is 24.8 Å². The molecule has 2 fully saturated rings. The molecule has 4 nitrogen and oxygen atoms in total. The first-order chi connectivity index (χ1) is 8.30. The summed E-state index contributed by atoms with van der Waals surface area (Å²) in [7, 11) is 0. The molecule has 3 rings (SSSR count). The molecular formula is C13H16N4. The Hall–Kier alpha value is -1.60. The lowest BCUT2D eigenvalue weighted by atomic mass is 10.0. The second-order valence-electron chi connectivity index (χ2n) is 5.20. The van der Waals surface area contributed by atoms with Crippen LogP contribution in [0.25, 0.3) is 0 Å². The van der Waals surface area contributed by atoms with E-state index in [2.05, 4.69) is 21.7 Å². The summed E-state index contributed by atoms with van der Waals surface area (Å²) < 4.78 is 0. The van der Waals surface area contributed by atoms with Gasteiger partial charge in [0.05, 0.1) is 11.6 Å². The minimum absolute atomic E-state index is 0.546. The predicted molar refractivity (Wildman–Crippen MR) is 65.5 cm³/mol. The fraction of sp³-hybridized carbons (Fsp3) is 0.538. The van der Waals surface area contributed by atoms with Gasteiger partial charge in [0.2, 0.25) is 0 Å². The van der Waals surface area contributed by atoms with E-state index in [1.165, 1.54) is 25.8 Å². The maximum atomic E-state index is 8.80. The van der Waals surface area contributed by atoms with Gasteiger partial charge in [-0.2, -0.15) is 5.26 Å². The number of hydrogen-bond acceptors (Lipinski definition) is 4. The van der Waals surface area contributed by atoms with E-state index < -0.39 is 0 Å².